The van der Waals surface area contributed by atoms with Crippen LogP contribution in [0.4, 0.5) is 5.82 Å². The summed E-state index contributed by atoms with van der Waals surface area (Å²) >= 11 is 5.92. The van der Waals surface area contributed by atoms with Crippen LogP contribution < -0.4 is 5.32 Å². The smallest absolute Gasteiger partial charge is 0.230 e. The molecule has 6 heteroatoms. The lowest BCUT2D eigenvalue weighted by molar-refractivity contribution is -0.115. The molecule has 0 fully saturated rings. The first kappa shape index (κ1) is 20.7. The third-order valence-electron chi connectivity index (χ3n) is 4.79. The van der Waals surface area contributed by atoms with Crippen molar-refractivity contribution in [3.63, 3.8) is 0 Å². The first-order chi connectivity index (χ1) is 15.1. The van der Waals surface area contributed by atoms with Crippen LogP contribution in [-0.2, 0) is 17.8 Å². The van der Waals surface area contributed by atoms with Gasteiger partial charge in [-0.3, -0.25) is 4.79 Å². The number of hydrogen-bond donors (Lipinski definition) is 2. The highest BCUT2D eigenvalue weighted by atomic mass is 35.5. The molecule has 5 nitrogen and oxygen atoms in total. The van der Waals surface area contributed by atoms with E-state index >= 15 is 0 Å². The van der Waals surface area contributed by atoms with E-state index in [1.807, 2.05) is 66.7 Å². The van der Waals surface area contributed by atoms with Crippen molar-refractivity contribution in [2.75, 3.05) is 5.32 Å². The van der Waals surface area contributed by atoms with Gasteiger partial charge in [0, 0.05) is 16.1 Å². The van der Waals surface area contributed by atoms with Crippen LogP contribution in [0.25, 0.3) is 22.5 Å². The predicted molar refractivity (Wildman–Crippen MR) is 123 cm³/mol. The van der Waals surface area contributed by atoms with Gasteiger partial charge in [0.1, 0.15) is 5.69 Å². The van der Waals surface area contributed by atoms with Crippen molar-refractivity contribution in [2.24, 2.45) is 0 Å². The van der Waals surface area contributed by atoms with Gasteiger partial charge in [-0.1, -0.05) is 78.3 Å². The largest absolute Gasteiger partial charge is 0.392 e. The fourth-order valence-electron chi connectivity index (χ4n) is 3.16. The average molecular weight is 430 g/mol. The molecule has 0 atom stereocenters. The molecule has 2 N–H and O–H groups in total. The molecule has 0 unspecified atom stereocenters. The zero-order chi connectivity index (χ0) is 21.6. The predicted octanol–water partition coefficient (Wildman–Crippen LogP) is 5.14. The summed E-state index contributed by atoms with van der Waals surface area (Å²) in [5, 5.41) is 12.8. The third kappa shape index (κ3) is 5.15. The van der Waals surface area contributed by atoms with Crippen LogP contribution in [0, 0.1) is 0 Å². The molecule has 0 saturated heterocycles. The highest BCUT2D eigenvalue weighted by Crippen LogP contribution is 2.28. The number of hydrogen-bond acceptors (Lipinski definition) is 4. The van der Waals surface area contributed by atoms with Crippen LogP contribution in [0.5, 0.6) is 0 Å². The summed E-state index contributed by atoms with van der Waals surface area (Å²) in [4.78, 5) is 21.9. The molecule has 0 aliphatic rings. The quantitative estimate of drug-likeness (QED) is 0.445. The van der Waals surface area contributed by atoms with E-state index in [9.17, 15) is 9.90 Å². The Labute approximate surface area is 185 Å². The Kier molecular flexibility index (Phi) is 6.36. The topological polar surface area (TPSA) is 75.1 Å². The van der Waals surface area contributed by atoms with Crippen LogP contribution in [0.15, 0.2) is 85.1 Å². The molecule has 0 aliphatic carbocycles. The maximum atomic E-state index is 12.6. The minimum atomic E-state index is -0.186. The lowest BCUT2D eigenvalue weighted by Crippen LogP contribution is -2.16. The monoisotopic (exact) mass is 429 g/mol. The number of nitrogens with one attached hydrogen (secondary N) is 1. The Balaban J connectivity index is 1.64. The van der Waals surface area contributed by atoms with Gasteiger partial charge in [0.05, 0.1) is 24.9 Å². The number of halogens is 1. The molecule has 1 aromatic heterocycles. The van der Waals surface area contributed by atoms with Crippen molar-refractivity contribution < 1.29 is 9.90 Å². The van der Waals surface area contributed by atoms with Crippen LogP contribution in [-0.4, -0.2) is 21.0 Å². The second kappa shape index (κ2) is 9.51. The van der Waals surface area contributed by atoms with Gasteiger partial charge in [-0.15, -0.1) is 0 Å². The average Bonchev–Trinajstić information content (AvgIpc) is 2.81. The molecular formula is C25H20ClN3O2. The maximum Gasteiger partial charge on any atom is 0.230 e. The van der Waals surface area contributed by atoms with E-state index in [1.54, 1.807) is 18.3 Å². The standard InChI is InChI=1S/C25H20ClN3O2/c26-21-12-8-17(9-13-21)14-23(31)29-25-24(20-4-2-1-3-5-20)28-22(15-27-25)19-10-6-18(16-30)7-11-19/h1-13,15,30H,14,16H2,(H,27,29,31). The molecular weight excluding hydrogens is 410 g/mol. The van der Waals surface area contributed by atoms with Crippen LogP contribution in [0.2, 0.25) is 5.02 Å². The van der Waals surface area contributed by atoms with Crippen LogP contribution in [0.3, 0.4) is 0 Å². The van der Waals surface area contributed by atoms with E-state index < -0.39 is 0 Å². The molecule has 154 valence electrons. The second-order valence-corrected chi connectivity index (χ2v) is 7.46. The normalized spacial score (nSPS) is 10.6. The van der Waals surface area contributed by atoms with Crippen LogP contribution >= 0.6 is 11.6 Å². The summed E-state index contributed by atoms with van der Waals surface area (Å²) in [5.41, 5.74) is 4.68. The highest BCUT2D eigenvalue weighted by molar-refractivity contribution is 6.30. The number of aliphatic hydroxyl groups excluding tert-OH is 1. The number of aliphatic hydroxyl groups is 1. The number of carbonyl (C=O) groups is 1. The van der Waals surface area contributed by atoms with Gasteiger partial charge < -0.3 is 10.4 Å². The lowest BCUT2D eigenvalue weighted by atomic mass is 10.1. The number of anilines is 1. The summed E-state index contributed by atoms with van der Waals surface area (Å²) in [6, 6.07) is 24.3. The number of carbonyl (C=O) groups excluding carboxylic acids is 1. The van der Waals surface area contributed by atoms with Gasteiger partial charge in [0.15, 0.2) is 5.82 Å². The minimum absolute atomic E-state index is 0.0141. The Morgan fingerprint density at radius 3 is 2.23 bits per heavy atom. The molecule has 4 aromatic rings. The Morgan fingerprint density at radius 2 is 1.55 bits per heavy atom. The van der Waals surface area contributed by atoms with Crippen molar-refractivity contribution in [1.29, 1.82) is 0 Å². The maximum absolute atomic E-state index is 12.6. The van der Waals surface area contributed by atoms with E-state index in [-0.39, 0.29) is 18.9 Å². The fraction of sp³-hybridized carbons (Fsp3) is 0.0800. The van der Waals surface area contributed by atoms with Crippen molar-refractivity contribution >= 4 is 23.3 Å². The van der Waals surface area contributed by atoms with E-state index in [2.05, 4.69) is 10.3 Å². The summed E-state index contributed by atoms with van der Waals surface area (Å²) in [6.45, 7) is -0.0141. The molecule has 0 bridgehead atoms. The van der Waals surface area contributed by atoms with Gasteiger partial charge in [0.2, 0.25) is 5.91 Å². The zero-order valence-corrected chi connectivity index (χ0v) is 17.4. The van der Waals surface area contributed by atoms with Gasteiger partial charge in [-0.05, 0) is 23.3 Å². The molecule has 0 saturated carbocycles. The minimum Gasteiger partial charge on any atom is -0.392 e. The Bertz CT molecular complexity index is 1180. The molecule has 31 heavy (non-hydrogen) atoms. The molecule has 0 radical (unpaired) electrons. The first-order valence-corrected chi connectivity index (χ1v) is 10.2. The summed E-state index contributed by atoms with van der Waals surface area (Å²) in [7, 11) is 0. The Morgan fingerprint density at radius 1 is 0.871 bits per heavy atom. The van der Waals surface area contributed by atoms with E-state index in [4.69, 9.17) is 16.6 Å². The zero-order valence-electron chi connectivity index (χ0n) is 16.6. The van der Waals surface area contributed by atoms with Gasteiger partial charge in [-0.25, -0.2) is 9.97 Å². The van der Waals surface area contributed by atoms with E-state index in [1.165, 1.54) is 0 Å². The number of benzene rings is 3. The molecule has 3 aromatic carbocycles. The Hall–Kier alpha value is -3.54. The van der Waals surface area contributed by atoms with Gasteiger partial charge in [0.25, 0.3) is 0 Å². The first-order valence-electron chi connectivity index (χ1n) is 9.79. The summed E-state index contributed by atoms with van der Waals surface area (Å²) in [5.74, 6) is 0.217. The van der Waals surface area contributed by atoms with E-state index in [0.717, 1.165) is 22.3 Å². The molecule has 4 rings (SSSR count). The van der Waals surface area contributed by atoms with Crippen molar-refractivity contribution in [3.8, 4) is 22.5 Å². The summed E-state index contributed by atoms with van der Waals surface area (Å²) < 4.78 is 0. The van der Waals surface area contributed by atoms with Crippen molar-refractivity contribution in [3.05, 3.63) is 101 Å². The molecule has 0 aliphatic heterocycles. The number of rotatable bonds is 6. The number of aromatic nitrogens is 2. The lowest BCUT2D eigenvalue weighted by Gasteiger charge is -2.12. The number of nitrogens with zero attached hydrogens (tertiary/aromatic N) is 2. The summed E-state index contributed by atoms with van der Waals surface area (Å²) in [6.07, 6.45) is 1.84. The second-order valence-electron chi connectivity index (χ2n) is 7.02. The van der Waals surface area contributed by atoms with E-state index in [0.29, 0.717) is 22.2 Å². The molecule has 0 spiro atoms. The fourth-order valence-corrected chi connectivity index (χ4v) is 3.29. The third-order valence-corrected chi connectivity index (χ3v) is 5.04. The number of amides is 1. The highest BCUT2D eigenvalue weighted by Gasteiger charge is 2.14. The SMILES string of the molecule is O=C(Cc1ccc(Cl)cc1)Nc1ncc(-c2ccc(CO)cc2)nc1-c1ccccc1. The van der Waals surface area contributed by atoms with Crippen molar-refractivity contribution in [1.82, 2.24) is 9.97 Å². The van der Waals surface area contributed by atoms with Crippen molar-refractivity contribution in [2.45, 2.75) is 13.0 Å². The molecule has 1 amide bonds. The van der Waals surface area contributed by atoms with Gasteiger partial charge >= 0.3 is 0 Å². The van der Waals surface area contributed by atoms with Crippen LogP contribution in [0.1, 0.15) is 11.1 Å². The molecule has 1 heterocycles. The van der Waals surface area contributed by atoms with Gasteiger partial charge in [-0.2, -0.15) is 0 Å².